The number of carbonyl (C=O) groups excluding carboxylic acids is 2. The highest BCUT2D eigenvalue weighted by atomic mass is 16.5. The summed E-state index contributed by atoms with van der Waals surface area (Å²) in [4.78, 5) is 35.4. The molecule has 2 aliphatic carbocycles. The summed E-state index contributed by atoms with van der Waals surface area (Å²) in [5, 5.41) is 25.6. The molecule has 6 rings (SSSR count). The molecule has 1 aromatic carbocycles. The molecule has 2 amide bonds. The van der Waals surface area contributed by atoms with Crippen molar-refractivity contribution in [2.45, 2.75) is 61.6 Å². The predicted molar refractivity (Wildman–Crippen MR) is 131 cm³/mol. The lowest BCUT2D eigenvalue weighted by Gasteiger charge is -2.37. The van der Waals surface area contributed by atoms with E-state index in [-0.39, 0.29) is 30.6 Å². The Morgan fingerprint density at radius 2 is 1.76 bits per heavy atom. The summed E-state index contributed by atoms with van der Waals surface area (Å²) in [7, 11) is 0. The van der Waals surface area contributed by atoms with Gasteiger partial charge >= 0.3 is 0 Å². The molecule has 3 heterocycles. The molecule has 0 atom stereocenters. The molecule has 0 radical (unpaired) electrons. The number of nitrogens with zero attached hydrogens (tertiary/aromatic N) is 3. The normalized spacial score (nSPS) is 20.9. The Morgan fingerprint density at radius 1 is 1.03 bits per heavy atom. The molecule has 190 valence electrons. The summed E-state index contributed by atoms with van der Waals surface area (Å²) in [6.45, 7) is 0.551. The largest absolute Gasteiger partial charge is 0.431 e. The molecule has 37 heavy (non-hydrogen) atoms. The van der Waals surface area contributed by atoms with Crippen molar-refractivity contribution in [3.8, 4) is 17.3 Å². The van der Waals surface area contributed by atoms with E-state index in [1.54, 1.807) is 6.20 Å². The molecule has 2 saturated carbocycles. The number of ether oxygens (including phenoxy) is 1. The third-order valence-electron chi connectivity index (χ3n) is 7.68. The minimum atomic E-state index is -1.08. The lowest BCUT2D eigenvalue weighted by atomic mass is 9.80. The van der Waals surface area contributed by atoms with Crippen LogP contribution in [0.1, 0.15) is 61.1 Å². The number of furan rings is 1. The van der Waals surface area contributed by atoms with E-state index >= 15 is 0 Å². The average Bonchev–Trinajstić information content (AvgIpc) is 3.54. The maximum atomic E-state index is 13.2. The van der Waals surface area contributed by atoms with Gasteiger partial charge in [0.1, 0.15) is 22.2 Å². The zero-order valence-corrected chi connectivity index (χ0v) is 20.2. The van der Waals surface area contributed by atoms with E-state index in [1.807, 2.05) is 24.3 Å². The second kappa shape index (κ2) is 8.64. The molecule has 2 aromatic heterocycles. The number of benzene rings is 1. The van der Waals surface area contributed by atoms with Crippen LogP contribution in [0.4, 0.5) is 0 Å². The fraction of sp³-hybridized carbons (Fsp3) is 0.444. The number of aromatic nitrogens is 2. The lowest BCUT2D eigenvalue weighted by Crippen LogP contribution is -2.61. The van der Waals surface area contributed by atoms with Crippen molar-refractivity contribution in [3.05, 3.63) is 47.9 Å². The van der Waals surface area contributed by atoms with Gasteiger partial charge in [0.25, 0.3) is 5.91 Å². The fourth-order valence-electron chi connectivity index (χ4n) is 5.05. The first-order valence-corrected chi connectivity index (χ1v) is 12.6. The van der Waals surface area contributed by atoms with Gasteiger partial charge < -0.3 is 24.9 Å². The van der Waals surface area contributed by atoms with Gasteiger partial charge in [0.15, 0.2) is 5.76 Å². The second-order valence-electron chi connectivity index (χ2n) is 10.4. The summed E-state index contributed by atoms with van der Waals surface area (Å²) in [5.41, 5.74) is -0.0764. The topological polar surface area (TPSA) is 150 Å². The summed E-state index contributed by atoms with van der Waals surface area (Å²) >= 11 is 0. The third kappa shape index (κ3) is 4.24. The van der Waals surface area contributed by atoms with Crippen molar-refractivity contribution >= 4 is 23.0 Å². The maximum Gasteiger partial charge on any atom is 0.288 e. The summed E-state index contributed by atoms with van der Waals surface area (Å²) in [6.07, 6.45) is 6.47. The van der Waals surface area contributed by atoms with E-state index in [0.29, 0.717) is 36.9 Å². The van der Waals surface area contributed by atoms with Gasteiger partial charge in [-0.25, -0.2) is 9.97 Å². The van der Waals surface area contributed by atoms with Gasteiger partial charge in [-0.2, -0.15) is 5.26 Å². The van der Waals surface area contributed by atoms with E-state index < -0.39 is 22.6 Å². The van der Waals surface area contributed by atoms with Gasteiger partial charge in [0, 0.05) is 11.6 Å². The summed E-state index contributed by atoms with van der Waals surface area (Å²) in [6, 6.07) is 11.0. The average molecular weight is 502 g/mol. The van der Waals surface area contributed by atoms with Crippen molar-refractivity contribution in [1.29, 1.82) is 5.26 Å². The number of amides is 2. The SMILES string of the molecule is N#CC1(NC(=O)C2(NC(=O)c3cc4ncc(-c5ccc(C6(O)COC6)cc5)nc4o3)CCCCC2)CC1. The zero-order valence-electron chi connectivity index (χ0n) is 20.2. The van der Waals surface area contributed by atoms with Crippen LogP contribution in [0.25, 0.3) is 22.5 Å². The first kappa shape index (κ1) is 23.6. The van der Waals surface area contributed by atoms with Crippen LogP contribution >= 0.6 is 0 Å². The van der Waals surface area contributed by atoms with Crippen molar-refractivity contribution in [1.82, 2.24) is 20.6 Å². The number of nitriles is 1. The van der Waals surface area contributed by atoms with Crippen molar-refractivity contribution in [2.24, 2.45) is 0 Å². The smallest absolute Gasteiger partial charge is 0.288 e. The van der Waals surface area contributed by atoms with Crippen LogP contribution < -0.4 is 10.6 Å². The van der Waals surface area contributed by atoms with Crippen molar-refractivity contribution in [3.63, 3.8) is 0 Å². The van der Waals surface area contributed by atoms with Gasteiger partial charge in [0.2, 0.25) is 11.6 Å². The number of hydrogen-bond donors (Lipinski definition) is 3. The zero-order chi connectivity index (χ0) is 25.7. The highest BCUT2D eigenvalue weighted by molar-refractivity contribution is 5.99. The van der Waals surface area contributed by atoms with E-state index in [2.05, 4.69) is 26.7 Å². The maximum absolute atomic E-state index is 13.2. The summed E-state index contributed by atoms with van der Waals surface area (Å²) < 4.78 is 10.9. The fourth-order valence-corrected chi connectivity index (χ4v) is 5.05. The van der Waals surface area contributed by atoms with E-state index in [4.69, 9.17) is 9.15 Å². The number of carbonyl (C=O) groups is 2. The third-order valence-corrected chi connectivity index (χ3v) is 7.68. The lowest BCUT2D eigenvalue weighted by molar-refractivity contribution is -0.184. The number of hydrogen-bond acceptors (Lipinski definition) is 8. The van der Waals surface area contributed by atoms with Crippen molar-refractivity contribution < 1.29 is 23.8 Å². The highest BCUT2D eigenvalue weighted by Crippen LogP contribution is 2.37. The standard InChI is InChI=1S/C27H27N5O5/c28-14-25(10-11-25)32-24(34)26(8-2-1-3-9-26)31-22(33)21-12-19-23(37-21)30-20(13-29-19)17-4-6-18(7-5-17)27(35)15-36-16-27/h4-7,12-13,35H,1-3,8-11,15-16H2,(H,31,33)(H,32,34). The number of aliphatic hydroxyl groups is 1. The molecule has 10 nitrogen and oxygen atoms in total. The molecular formula is C27H27N5O5. The molecule has 3 fully saturated rings. The minimum absolute atomic E-state index is 0.0221. The Bertz CT molecular complexity index is 1410. The van der Waals surface area contributed by atoms with Crippen LogP contribution in [0, 0.1) is 11.3 Å². The molecule has 3 N–H and O–H groups in total. The Labute approximate surface area is 213 Å². The van der Waals surface area contributed by atoms with Crippen LogP contribution in [-0.2, 0) is 15.1 Å². The first-order valence-electron chi connectivity index (χ1n) is 12.6. The van der Waals surface area contributed by atoms with Gasteiger partial charge in [-0.3, -0.25) is 9.59 Å². The van der Waals surface area contributed by atoms with Gasteiger partial charge in [-0.15, -0.1) is 0 Å². The second-order valence-corrected chi connectivity index (χ2v) is 10.4. The van der Waals surface area contributed by atoms with E-state index in [9.17, 15) is 20.0 Å². The molecule has 1 saturated heterocycles. The molecular weight excluding hydrogens is 474 g/mol. The monoisotopic (exact) mass is 501 g/mol. The van der Waals surface area contributed by atoms with Crippen LogP contribution in [0.3, 0.4) is 0 Å². The molecule has 0 unspecified atom stereocenters. The Morgan fingerprint density at radius 3 is 2.38 bits per heavy atom. The molecule has 3 aromatic rings. The van der Waals surface area contributed by atoms with Gasteiger partial charge in [-0.1, -0.05) is 43.5 Å². The van der Waals surface area contributed by atoms with Gasteiger partial charge in [0.05, 0.1) is 31.2 Å². The predicted octanol–water partition coefficient (Wildman–Crippen LogP) is 2.71. The van der Waals surface area contributed by atoms with Crippen LogP contribution in [0.2, 0.25) is 0 Å². The van der Waals surface area contributed by atoms with E-state index in [1.165, 1.54) is 6.07 Å². The minimum Gasteiger partial charge on any atom is -0.431 e. The number of rotatable bonds is 6. The number of nitrogens with one attached hydrogen (secondary N) is 2. The number of fused-ring (bicyclic) bond motifs is 1. The molecule has 10 heteroatoms. The Hall–Kier alpha value is -3.81. The van der Waals surface area contributed by atoms with Crippen molar-refractivity contribution in [2.75, 3.05) is 13.2 Å². The quantitative estimate of drug-likeness (QED) is 0.467. The first-order chi connectivity index (χ1) is 17.8. The molecule has 3 aliphatic rings. The summed E-state index contributed by atoms with van der Waals surface area (Å²) in [5.74, 6) is -0.801. The van der Waals surface area contributed by atoms with Crippen LogP contribution in [0.5, 0.6) is 0 Å². The highest BCUT2D eigenvalue weighted by Gasteiger charge is 2.50. The van der Waals surface area contributed by atoms with Crippen LogP contribution in [-0.4, -0.2) is 51.2 Å². The molecule has 1 aliphatic heterocycles. The molecule has 0 bridgehead atoms. The molecule has 0 spiro atoms. The van der Waals surface area contributed by atoms with Gasteiger partial charge in [-0.05, 0) is 31.2 Å². The Balaban J connectivity index is 1.22. The van der Waals surface area contributed by atoms with Crippen LogP contribution in [0.15, 0.2) is 40.9 Å². The Kier molecular flexibility index (Phi) is 5.51. The van der Waals surface area contributed by atoms with E-state index in [0.717, 1.165) is 30.4 Å².